The fourth-order valence-corrected chi connectivity index (χ4v) is 2.76. The number of benzene rings is 2. The van der Waals surface area contributed by atoms with Crippen LogP contribution in [0.15, 0.2) is 73.3 Å². The van der Waals surface area contributed by atoms with Crippen LogP contribution in [0.1, 0.15) is 28.8 Å². The summed E-state index contributed by atoms with van der Waals surface area (Å²) in [6, 6.07) is 19.2. The number of hydrogen-bond acceptors (Lipinski definition) is 1. The molecule has 2 aromatic rings. The Labute approximate surface area is 132 Å². The van der Waals surface area contributed by atoms with Gasteiger partial charge in [-0.25, -0.2) is 0 Å². The molecule has 0 aliphatic rings. The van der Waals surface area contributed by atoms with Crippen molar-refractivity contribution in [1.29, 1.82) is 0 Å². The van der Waals surface area contributed by atoms with Crippen LogP contribution in [0.2, 0.25) is 0 Å². The highest BCUT2D eigenvalue weighted by Crippen LogP contribution is 2.33. The Bertz CT molecular complexity index is 664. The minimum absolute atomic E-state index is 0.0693. The molecular formula is C21H20O. The molecule has 1 nitrogen and oxygen atoms in total. The number of carbonyl (C=O) groups excluding carboxylic acids is 1. The van der Waals surface area contributed by atoms with E-state index in [-0.39, 0.29) is 23.5 Å². The number of carbonyl (C=O) groups is 1. The highest BCUT2D eigenvalue weighted by molar-refractivity contribution is 5.99. The first-order valence-electron chi connectivity index (χ1n) is 7.42. The van der Waals surface area contributed by atoms with E-state index in [1.54, 1.807) is 0 Å². The van der Waals surface area contributed by atoms with E-state index in [0.29, 0.717) is 5.56 Å². The topological polar surface area (TPSA) is 17.1 Å². The summed E-state index contributed by atoms with van der Waals surface area (Å²) < 4.78 is 0. The standard InChI is InChI=1S/C21H20O/c1-4-16(3)20(21(22)18-14-10-7-11-15-18)19(5-2)17-12-8-6-9-13-17/h1,5-16,19-20H,2H2,3H3/t16-,19+,20+/m1/s1. The molecule has 0 saturated heterocycles. The molecule has 0 heterocycles. The summed E-state index contributed by atoms with van der Waals surface area (Å²) in [5.74, 6) is 2.22. The Morgan fingerprint density at radius 3 is 2.14 bits per heavy atom. The van der Waals surface area contributed by atoms with Gasteiger partial charge in [-0.15, -0.1) is 18.9 Å². The maximum absolute atomic E-state index is 13.0. The smallest absolute Gasteiger partial charge is 0.168 e. The summed E-state index contributed by atoms with van der Waals surface area (Å²) in [6.07, 6.45) is 7.45. The van der Waals surface area contributed by atoms with Gasteiger partial charge in [-0.2, -0.15) is 0 Å². The van der Waals surface area contributed by atoms with Crippen LogP contribution in [-0.4, -0.2) is 5.78 Å². The Kier molecular flexibility index (Phi) is 5.33. The molecular weight excluding hydrogens is 268 g/mol. The zero-order valence-corrected chi connectivity index (χ0v) is 12.8. The Morgan fingerprint density at radius 2 is 1.64 bits per heavy atom. The molecule has 0 saturated carbocycles. The molecule has 110 valence electrons. The van der Waals surface area contributed by atoms with Crippen LogP contribution in [0.5, 0.6) is 0 Å². The molecule has 0 amide bonds. The second kappa shape index (κ2) is 7.43. The van der Waals surface area contributed by atoms with Gasteiger partial charge in [-0.05, 0) is 5.56 Å². The lowest BCUT2D eigenvalue weighted by Gasteiger charge is -2.26. The van der Waals surface area contributed by atoms with E-state index >= 15 is 0 Å². The molecule has 2 rings (SSSR count). The normalized spacial score (nSPS) is 14.4. The van der Waals surface area contributed by atoms with Crippen LogP contribution in [0, 0.1) is 24.2 Å². The average molecular weight is 288 g/mol. The predicted octanol–water partition coefficient (Wildman–Crippen LogP) is 4.72. The fourth-order valence-electron chi connectivity index (χ4n) is 2.76. The van der Waals surface area contributed by atoms with Gasteiger partial charge in [0, 0.05) is 23.3 Å². The molecule has 0 N–H and O–H groups in total. The van der Waals surface area contributed by atoms with Gasteiger partial charge in [0.25, 0.3) is 0 Å². The van der Waals surface area contributed by atoms with E-state index in [2.05, 4.69) is 12.5 Å². The molecule has 0 aliphatic heterocycles. The van der Waals surface area contributed by atoms with Gasteiger partial charge in [0.1, 0.15) is 0 Å². The summed E-state index contributed by atoms with van der Waals surface area (Å²) in [6.45, 7) is 5.85. The first-order chi connectivity index (χ1) is 10.7. The first-order valence-corrected chi connectivity index (χ1v) is 7.42. The maximum atomic E-state index is 13.0. The third-order valence-electron chi connectivity index (χ3n) is 3.99. The van der Waals surface area contributed by atoms with Crippen molar-refractivity contribution in [2.24, 2.45) is 11.8 Å². The number of hydrogen-bond donors (Lipinski definition) is 0. The Morgan fingerprint density at radius 1 is 1.09 bits per heavy atom. The SMILES string of the molecule is C#C[C@@H](C)[C@H](C(=O)c1ccccc1)[C@@H](C=C)c1ccccc1. The van der Waals surface area contributed by atoms with Crippen molar-refractivity contribution >= 4 is 5.78 Å². The number of allylic oxidation sites excluding steroid dienone is 1. The zero-order chi connectivity index (χ0) is 15.9. The molecule has 3 atom stereocenters. The third kappa shape index (κ3) is 3.35. The number of Topliss-reactive ketones (excluding diaryl/α,β-unsaturated/α-hetero) is 1. The van der Waals surface area contributed by atoms with E-state index in [9.17, 15) is 4.79 Å². The average Bonchev–Trinajstić information content (AvgIpc) is 2.60. The summed E-state index contributed by atoms with van der Waals surface area (Å²) in [4.78, 5) is 13.0. The van der Waals surface area contributed by atoms with Gasteiger partial charge in [-0.3, -0.25) is 4.79 Å². The first kappa shape index (κ1) is 15.8. The largest absolute Gasteiger partial charge is 0.294 e. The molecule has 0 bridgehead atoms. The van der Waals surface area contributed by atoms with Crippen molar-refractivity contribution in [3.63, 3.8) is 0 Å². The molecule has 2 aromatic carbocycles. The van der Waals surface area contributed by atoms with Gasteiger partial charge in [0.15, 0.2) is 5.78 Å². The van der Waals surface area contributed by atoms with Crippen molar-refractivity contribution in [3.8, 4) is 12.3 Å². The van der Waals surface area contributed by atoms with Crippen LogP contribution in [0.25, 0.3) is 0 Å². The molecule has 0 fully saturated rings. The van der Waals surface area contributed by atoms with Gasteiger partial charge in [0.05, 0.1) is 0 Å². The summed E-state index contributed by atoms with van der Waals surface area (Å²) in [5, 5.41) is 0. The second-order valence-corrected chi connectivity index (χ2v) is 5.38. The van der Waals surface area contributed by atoms with Gasteiger partial charge < -0.3 is 0 Å². The van der Waals surface area contributed by atoms with E-state index < -0.39 is 0 Å². The van der Waals surface area contributed by atoms with E-state index in [1.807, 2.05) is 73.7 Å². The Hall–Kier alpha value is -2.59. The lowest BCUT2D eigenvalue weighted by molar-refractivity contribution is 0.0885. The third-order valence-corrected chi connectivity index (χ3v) is 3.99. The monoisotopic (exact) mass is 288 g/mol. The van der Waals surface area contributed by atoms with Gasteiger partial charge >= 0.3 is 0 Å². The van der Waals surface area contributed by atoms with Gasteiger partial charge in [0.2, 0.25) is 0 Å². The van der Waals surface area contributed by atoms with Crippen LogP contribution < -0.4 is 0 Å². The van der Waals surface area contributed by atoms with Crippen molar-refractivity contribution in [3.05, 3.63) is 84.4 Å². The van der Waals surface area contributed by atoms with Crippen LogP contribution in [0.3, 0.4) is 0 Å². The second-order valence-electron chi connectivity index (χ2n) is 5.38. The lowest BCUT2D eigenvalue weighted by Crippen LogP contribution is -2.27. The molecule has 1 heteroatoms. The van der Waals surface area contributed by atoms with Crippen molar-refractivity contribution in [2.75, 3.05) is 0 Å². The van der Waals surface area contributed by atoms with Gasteiger partial charge in [-0.1, -0.05) is 73.7 Å². The van der Waals surface area contributed by atoms with E-state index in [0.717, 1.165) is 5.56 Å². The molecule has 0 aromatic heterocycles. The highest BCUT2D eigenvalue weighted by Gasteiger charge is 2.32. The van der Waals surface area contributed by atoms with E-state index in [1.165, 1.54) is 0 Å². The van der Waals surface area contributed by atoms with Crippen LogP contribution in [0.4, 0.5) is 0 Å². The van der Waals surface area contributed by atoms with Crippen molar-refractivity contribution < 1.29 is 4.79 Å². The quantitative estimate of drug-likeness (QED) is 0.427. The number of rotatable bonds is 6. The van der Waals surface area contributed by atoms with Crippen molar-refractivity contribution in [1.82, 2.24) is 0 Å². The summed E-state index contributed by atoms with van der Waals surface area (Å²) in [7, 11) is 0. The molecule has 0 aliphatic carbocycles. The fraction of sp³-hybridized carbons (Fsp3) is 0.190. The molecule has 0 unspecified atom stereocenters. The minimum atomic E-state index is -0.313. The molecule has 0 spiro atoms. The number of terminal acetylenes is 1. The zero-order valence-electron chi connectivity index (χ0n) is 12.8. The minimum Gasteiger partial charge on any atom is -0.294 e. The highest BCUT2D eigenvalue weighted by atomic mass is 16.1. The summed E-state index contributed by atoms with van der Waals surface area (Å²) in [5.41, 5.74) is 1.76. The molecule has 0 radical (unpaired) electrons. The lowest BCUT2D eigenvalue weighted by atomic mass is 9.75. The van der Waals surface area contributed by atoms with Crippen LogP contribution in [-0.2, 0) is 0 Å². The van der Waals surface area contributed by atoms with Crippen molar-refractivity contribution in [2.45, 2.75) is 12.8 Å². The molecule has 22 heavy (non-hydrogen) atoms. The van der Waals surface area contributed by atoms with E-state index in [4.69, 9.17) is 6.42 Å². The number of ketones is 1. The Balaban J connectivity index is 2.44. The summed E-state index contributed by atoms with van der Waals surface area (Å²) >= 11 is 0. The van der Waals surface area contributed by atoms with Crippen LogP contribution >= 0.6 is 0 Å². The maximum Gasteiger partial charge on any atom is 0.168 e. The predicted molar refractivity (Wildman–Crippen MR) is 91.6 cm³/mol.